The van der Waals surface area contributed by atoms with E-state index >= 15 is 0 Å². The number of ether oxygens (including phenoxy) is 1. The molecular weight excluding hydrogens is 401 g/mol. The van der Waals surface area contributed by atoms with Crippen molar-refractivity contribution in [1.82, 2.24) is 4.90 Å². The molecule has 0 saturated carbocycles. The van der Waals surface area contributed by atoms with Gasteiger partial charge in [0.1, 0.15) is 22.1 Å². The summed E-state index contributed by atoms with van der Waals surface area (Å²) in [6.45, 7) is 2.61. The van der Waals surface area contributed by atoms with Crippen molar-refractivity contribution in [2.75, 3.05) is 44.4 Å². The molecule has 0 radical (unpaired) electrons. The first-order valence-corrected chi connectivity index (χ1v) is 10.9. The third-order valence-corrected chi connectivity index (χ3v) is 6.04. The van der Waals surface area contributed by atoms with E-state index < -0.39 is 20.4 Å². The van der Waals surface area contributed by atoms with E-state index in [1.807, 2.05) is 4.90 Å². The van der Waals surface area contributed by atoms with E-state index in [1.165, 1.54) is 31.4 Å². The highest BCUT2D eigenvalue weighted by Crippen LogP contribution is 2.35. The molecule has 1 heterocycles. The average Bonchev–Trinajstić information content (AvgIpc) is 2.67. The third-order valence-electron chi connectivity index (χ3n) is 4.91. The molecule has 0 spiro atoms. The van der Waals surface area contributed by atoms with Gasteiger partial charge in [-0.3, -0.25) is 15.0 Å². The lowest BCUT2D eigenvalue weighted by atomic mass is 10.1. The molecule has 2 aromatic carbocycles. The number of rotatable bonds is 6. The fraction of sp³-hybridized carbons (Fsp3) is 0.368. The molecule has 1 aliphatic rings. The number of anilines is 1. The van der Waals surface area contributed by atoms with Crippen LogP contribution in [0.5, 0.6) is 5.75 Å². The van der Waals surface area contributed by atoms with Crippen LogP contribution in [0.15, 0.2) is 41.3 Å². The summed E-state index contributed by atoms with van der Waals surface area (Å²) in [6.07, 6.45) is 0.962. The molecule has 1 aliphatic heterocycles. The van der Waals surface area contributed by atoms with Crippen LogP contribution in [0, 0.1) is 15.9 Å². The van der Waals surface area contributed by atoms with Crippen LogP contribution in [0.4, 0.5) is 15.8 Å². The number of hydrogen-bond donors (Lipinski definition) is 0. The van der Waals surface area contributed by atoms with E-state index in [0.29, 0.717) is 44.2 Å². The molecule has 0 atom stereocenters. The second kappa shape index (κ2) is 8.34. The second-order valence-corrected chi connectivity index (χ2v) is 8.86. The van der Waals surface area contributed by atoms with Crippen molar-refractivity contribution in [1.29, 1.82) is 0 Å². The topological polar surface area (TPSA) is 93.0 Å². The van der Waals surface area contributed by atoms with Crippen molar-refractivity contribution in [2.45, 2.75) is 11.4 Å². The Balaban J connectivity index is 1.78. The van der Waals surface area contributed by atoms with E-state index in [-0.39, 0.29) is 10.7 Å². The van der Waals surface area contributed by atoms with E-state index in [1.54, 1.807) is 12.1 Å². The monoisotopic (exact) mass is 423 g/mol. The van der Waals surface area contributed by atoms with Gasteiger partial charge in [-0.15, -0.1) is 0 Å². The predicted molar refractivity (Wildman–Crippen MR) is 107 cm³/mol. The summed E-state index contributed by atoms with van der Waals surface area (Å²) in [5.74, 6) is 0.262. The summed E-state index contributed by atoms with van der Waals surface area (Å²) in [5.41, 5.74) is 0.627. The summed E-state index contributed by atoms with van der Waals surface area (Å²) in [7, 11) is -2.20. The maximum atomic E-state index is 13.6. The summed E-state index contributed by atoms with van der Waals surface area (Å²) in [6, 6.07) is 8.70. The van der Waals surface area contributed by atoms with Crippen molar-refractivity contribution >= 4 is 21.2 Å². The molecular formula is C19H22FN3O5S. The van der Waals surface area contributed by atoms with Crippen molar-refractivity contribution in [3.05, 3.63) is 57.9 Å². The van der Waals surface area contributed by atoms with Crippen LogP contribution in [-0.4, -0.2) is 57.8 Å². The number of sulfone groups is 1. The molecule has 3 rings (SSSR count). The number of hydrogen-bond acceptors (Lipinski definition) is 7. The van der Waals surface area contributed by atoms with Gasteiger partial charge in [0.2, 0.25) is 0 Å². The number of methoxy groups -OCH3 is 1. The van der Waals surface area contributed by atoms with Crippen LogP contribution < -0.4 is 9.64 Å². The molecule has 0 amide bonds. The van der Waals surface area contributed by atoms with Gasteiger partial charge in [0.15, 0.2) is 9.84 Å². The number of benzene rings is 2. The van der Waals surface area contributed by atoms with Crippen LogP contribution in [0.3, 0.4) is 0 Å². The minimum Gasteiger partial charge on any atom is -0.496 e. The number of nitro groups is 1. The molecule has 29 heavy (non-hydrogen) atoms. The SMILES string of the molecule is COc1ccc(F)cc1CN1CCN(c2cccc(S(C)(=O)=O)c2[N+](=O)[O-])CC1. The summed E-state index contributed by atoms with van der Waals surface area (Å²) < 4.78 is 42.8. The van der Waals surface area contributed by atoms with E-state index in [4.69, 9.17) is 4.74 Å². The van der Waals surface area contributed by atoms with Gasteiger partial charge in [0.25, 0.3) is 0 Å². The van der Waals surface area contributed by atoms with Crippen molar-refractivity contribution < 1.29 is 22.5 Å². The Labute approximate surface area is 168 Å². The van der Waals surface area contributed by atoms with Gasteiger partial charge in [-0.2, -0.15) is 0 Å². The van der Waals surface area contributed by atoms with Crippen LogP contribution in [0.2, 0.25) is 0 Å². The zero-order valence-corrected chi connectivity index (χ0v) is 17.0. The Bertz CT molecular complexity index is 1020. The molecule has 0 bridgehead atoms. The minimum absolute atomic E-state index is 0.285. The zero-order valence-electron chi connectivity index (χ0n) is 16.2. The molecule has 8 nitrogen and oxygen atoms in total. The van der Waals surface area contributed by atoms with Crippen molar-refractivity contribution in [3.63, 3.8) is 0 Å². The Kier molecular flexibility index (Phi) is 6.04. The first kappa shape index (κ1) is 21.0. The molecule has 10 heteroatoms. The normalized spacial score (nSPS) is 15.3. The van der Waals surface area contributed by atoms with Crippen LogP contribution >= 0.6 is 0 Å². The number of halogens is 1. The summed E-state index contributed by atoms with van der Waals surface area (Å²) in [5, 5.41) is 11.6. The fourth-order valence-electron chi connectivity index (χ4n) is 3.51. The smallest absolute Gasteiger partial charge is 0.311 e. The zero-order chi connectivity index (χ0) is 21.2. The van der Waals surface area contributed by atoms with Crippen LogP contribution in [0.25, 0.3) is 0 Å². The molecule has 2 aromatic rings. The molecule has 156 valence electrons. The van der Waals surface area contributed by atoms with Gasteiger partial charge in [-0.1, -0.05) is 6.07 Å². The maximum absolute atomic E-state index is 13.6. The summed E-state index contributed by atoms with van der Waals surface area (Å²) >= 11 is 0. The highest BCUT2D eigenvalue weighted by atomic mass is 32.2. The van der Waals surface area contributed by atoms with Gasteiger partial charge < -0.3 is 9.64 Å². The van der Waals surface area contributed by atoms with Gasteiger partial charge in [0, 0.05) is 44.5 Å². The summed E-state index contributed by atoms with van der Waals surface area (Å²) in [4.78, 5) is 14.6. The van der Waals surface area contributed by atoms with Crippen LogP contribution in [-0.2, 0) is 16.4 Å². The number of nitrogens with zero attached hydrogens (tertiary/aromatic N) is 3. The van der Waals surface area contributed by atoms with Gasteiger partial charge in [0.05, 0.1) is 12.0 Å². The van der Waals surface area contributed by atoms with E-state index in [9.17, 15) is 22.9 Å². The maximum Gasteiger partial charge on any atom is 0.311 e. The highest BCUT2D eigenvalue weighted by molar-refractivity contribution is 7.90. The molecule has 0 aromatic heterocycles. The quantitative estimate of drug-likeness (QED) is 0.520. The predicted octanol–water partition coefficient (Wildman–Crippen LogP) is 2.47. The van der Waals surface area contributed by atoms with Crippen molar-refractivity contribution in [3.8, 4) is 5.75 Å². The second-order valence-electron chi connectivity index (χ2n) is 6.87. The van der Waals surface area contributed by atoms with Gasteiger partial charge in [-0.25, -0.2) is 12.8 Å². The Hall–Kier alpha value is -2.72. The van der Waals surface area contributed by atoms with Gasteiger partial charge in [-0.05, 0) is 30.3 Å². The molecule has 1 saturated heterocycles. The molecule has 0 unspecified atom stereocenters. The standard InChI is InChI=1S/C19H22FN3O5S/c1-28-17-7-6-15(20)12-14(17)13-21-8-10-22(11-9-21)16-4-3-5-18(29(2,26)27)19(16)23(24)25/h3-7,12H,8-11,13H2,1-2H3. The Morgan fingerprint density at radius 3 is 2.45 bits per heavy atom. The number of nitro benzene ring substituents is 1. The molecule has 0 N–H and O–H groups in total. The lowest BCUT2D eigenvalue weighted by Crippen LogP contribution is -2.46. The fourth-order valence-corrected chi connectivity index (χ4v) is 4.36. The van der Waals surface area contributed by atoms with Gasteiger partial charge >= 0.3 is 5.69 Å². The van der Waals surface area contributed by atoms with Crippen molar-refractivity contribution in [2.24, 2.45) is 0 Å². The first-order chi connectivity index (χ1) is 13.7. The molecule has 0 aliphatic carbocycles. The Morgan fingerprint density at radius 1 is 1.17 bits per heavy atom. The number of para-hydroxylation sites is 1. The lowest BCUT2D eigenvalue weighted by Gasteiger charge is -2.36. The lowest BCUT2D eigenvalue weighted by molar-refractivity contribution is -0.387. The van der Waals surface area contributed by atoms with E-state index in [0.717, 1.165) is 11.8 Å². The van der Waals surface area contributed by atoms with Crippen LogP contribution in [0.1, 0.15) is 5.56 Å². The highest BCUT2D eigenvalue weighted by Gasteiger charge is 2.30. The minimum atomic E-state index is -3.73. The van der Waals surface area contributed by atoms with E-state index in [2.05, 4.69) is 4.90 Å². The third kappa shape index (κ3) is 4.65. The number of piperazine rings is 1. The Morgan fingerprint density at radius 2 is 1.86 bits per heavy atom. The first-order valence-electron chi connectivity index (χ1n) is 8.98. The average molecular weight is 423 g/mol. The molecule has 1 fully saturated rings. The largest absolute Gasteiger partial charge is 0.496 e.